The van der Waals surface area contributed by atoms with E-state index in [0.29, 0.717) is 6.61 Å². The van der Waals surface area contributed by atoms with E-state index in [0.717, 1.165) is 23.8 Å². The summed E-state index contributed by atoms with van der Waals surface area (Å²) in [5.74, 6) is 2.75. The van der Waals surface area contributed by atoms with Gasteiger partial charge in [0.05, 0.1) is 12.1 Å². The highest BCUT2D eigenvalue weighted by Gasteiger charge is 2.26. The van der Waals surface area contributed by atoms with E-state index >= 15 is 0 Å². The third-order valence-electron chi connectivity index (χ3n) is 3.26. The molecule has 0 aliphatic carbocycles. The molecule has 1 fully saturated rings. The van der Waals surface area contributed by atoms with Crippen LogP contribution in [0.5, 0.6) is 5.75 Å². The first-order chi connectivity index (χ1) is 8.83. The smallest absolute Gasteiger partial charge is 0.238 e. The highest BCUT2D eigenvalue weighted by Crippen LogP contribution is 2.24. The highest BCUT2D eigenvalue weighted by atomic mass is 32.2. The maximum Gasteiger partial charge on any atom is 0.238 e. The second-order valence-corrected chi connectivity index (χ2v) is 5.63. The molecule has 1 saturated heterocycles. The van der Waals surface area contributed by atoms with Crippen molar-refractivity contribution in [2.75, 3.05) is 18.2 Å². The topological polar surface area (TPSA) is 50.4 Å². The third kappa shape index (κ3) is 2.47. The van der Waals surface area contributed by atoms with E-state index in [4.69, 9.17) is 4.74 Å². The second-order valence-electron chi connectivity index (χ2n) is 4.60. The number of fused-ring (bicyclic) bond motifs is 1. The number of thioether (sulfide) groups is 1. The number of ether oxygens (including phenoxy) is 1. The molecule has 2 heterocycles. The van der Waals surface area contributed by atoms with Crippen molar-refractivity contribution >= 4 is 17.7 Å². The van der Waals surface area contributed by atoms with Crippen LogP contribution in [0.1, 0.15) is 5.56 Å². The minimum atomic E-state index is -0.0489. The number of carbonyl (C=O) groups is 1. The maximum atomic E-state index is 12.0. The molecule has 5 heteroatoms. The predicted octanol–water partition coefficient (Wildman–Crippen LogP) is 0.769. The van der Waals surface area contributed by atoms with Gasteiger partial charge in [-0.15, -0.1) is 11.8 Å². The summed E-state index contributed by atoms with van der Waals surface area (Å²) in [5.41, 5.74) is 1.17. The summed E-state index contributed by atoms with van der Waals surface area (Å²) in [6.07, 6.45) is 0.849. The highest BCUT2D eigenvalue weighted by molar-refractivity contribution is 7.99. The summed E-state index contributed by atoms with van der Waals surface area (Å²) in [4.78, 5) is 12.0. The summed E-state index contributed by atoms with van der Waals surface area (Å²) in [5, 5.41) is 6.24. The van der Waals surface area contributed by atoms with Crippen molar-refractivity contribution in [2.24, 2.45) is 0 Å². The molecule has 2 N–H and O–H groups in total. The van der Waals surface area contributed by atoms with Crippen molar-refractivity contribution in [3.8, 4) is 5.75 Å². The molecule has 2 aliphatic rings. The predicted molar refractivity (Wildman–Crippen MR) is 71.8 cm³/mol. The van der Waals surface area contributed by atoms with Crippen LogP contribution < -0.4 is 15.4 Å². The van der Waals surface area contributed by atoms with Crippen LogP contribution in [0.15, 0.2) is 24.3 Å². The Morgan fingerprint density at radius 1 is 1.44 bits per heavy atom. The van der Waals surface area contributed by atoms with Gasteiger partial charge in [0.25, 0.3) is 0 Å². The fourth-order valence-electron chi connectivity index (χ4n) is 2.29. The van der Waals surface area contributed by atoms with Gasteiger partial charge in [0.15, 0.2) is 0 Å². The molecule has 1 amide bonds. The lowest BCUT2D eigenvalue weighted by molar-refractivity contribution is -0.123. The van der Waals surface area contributed by atoms with Gasteiger partial charge >= 0.3 is 0 Å². The molecule has 0 radical (unpaired) electrons. The van der Waals surface area contributed by atoms with Gasteiger partial charge in [0, 0.05) is 11.6 Å². The zero-order valence-electron chi connectivity index (χ0n) is 10.0. The SMILES string of the molecule is O=C(N[C@H]1COc2ccccc2C1)[C@H]1CSCN1. The normalized spacial score (nSPS) is 26.2. The molecule has 4 nitrogen and oxygen atoms in total. The molecule has 0 saturated carbocycles. The number of benzene rings is 1. The van der Waals surface area contributed by atoms with Gasteiger partial charge in [-0.1, -0.05) is 18.2 Å². The molecule has 96 valence electrons. The van der Waals surface area contributed by atoms with Crippen molar-refractivity contribution in [1.82, 2.24) is 10.6 Å². The summed E-state index contributed by atoms with van der Waals surface area (Å²) in [7, 11) is 0. The molecule has 1 aromatic rings. The number of amides is 1. The summed E-state index contributed by atoms with van der Waals surface area (Å²) in [6.45, 7) is 0.558. The summed E-state index contributed by atoms with van der Waals surface area (Å²) < 4.78 is 5.66. The quantitative estimate of drug-likeness (QED) is 0.828. The van der Waals surface area contributed by atoms with Gasteiger partial charge in [-0.2, -0.15) is 0 Å². The monoisotopic (exact) mass is 264 g/mol. The Bertz CT molecular complexity index is 446. The van der Waals surface area contributed by atoms with Crippen LogP contribution in [0.3, 0.4) is 0 Å². The minimum absolute atomic E-state index is 0.0489. The molecule has 0 aromatic heterocycles. The second kappa shape index (κ2) is 5.20. The average Bonchev–Trinajstić information content (AvgIpc) is 2.92. The van der Waals surface area contributed by atoms with Crippen molar-refractivity contribution in [1.29, 1.82) is 0 Å². The minimum Gasteiger partial charge on any atom is -0.491 e. The number of rotatable bonds is 2. The molecule has 1 aromatic carbocycles. The van der Waals surface area contributed by atoms with Gasteiger partial charge < -0.3 is 10.1 Å². The van der Waals surface area contributed by atoms with E-state index in [1.54, 1.807) is 11.8 Å². The molecule has 18 heavy (non-hydrogen) atoms. The largest absolute Gasteiger partial charge is 0.491 e. The van der Waals surface area contributed by atoms with Gasteiger partial charge in [-0.25, -0.2) is 0 Å². The fourth-order valence-corrected chi connectivity index (χ4v) is 3.23. The van der Waals surface area contributed by atoms with Gasteiger partial charge in [0.1, 0.15) is 12.4 Å². The lowest BCUT2D eigenvalue weighted by Gasteiger charge is -2.26. The number of nitrogens with one attached hydrogen (secondary N) is 2. The zero-order chi connectivity index (χ0) is 12.4. The number of hydrogen-bond acceptors (Lipinski definition) is 4. The van der Waals surface area contributed by atoms with Crippen LogP contribution in [0, 0.1) is 0 Å². The van der Waals surface area contributed by atoms with Crippen molar-refractivity contribution in [3.63, 3.8) is 0 Å². The first kappa shape index (κ1) is 11.9. The van der Waals surface area contributed by atoms with Crippen LogP contribution >= 0.6 is 11.8 Å². The molecule has 0 unspecified atom stereocenters. The zero-order valence-corrected chi connectivity index (χ0v) is 10.8. The van der Waals surface area contributed by atoms with Crippen molar-refractivity contribution in [2.45, 2.75) is 18.5 Å². The Morgan fingerprint density at radius 2 is 2.33 bits per heavy atom. The van der Waals surface area contributed by atoms with E-state index in [9.17, 15) is 4.79 Å². The fraction of sp³-hybridized carbons (Fsp3) is 0.462. The van der Waals surface area contributed by atoms with Crippen LogP contribution in [0.4, 0.5) is 0 Å². The third-order valence-corrected chi connectivity index (χ3v) is 4.20. The average molecular weight is 264 g/mol. The van der Waals surface area contributed by atoms with E-state index in [-0.39, 0.29) is 18.0 Å². The van der Waals surface area contributed by atoms with Gasteiger partial charge in [-0.05, 0) is 18.1 Å². The maximum absolute atomic E-state index is 12.0. The van der Waals surface area contributed by atoms with Crippen LogP contribution in [-0.2, 0) is 11.2 Å². The lowest BCUT2D eigenvalue weighted by Crippen LogP contribution is -2.50. The number of carbonyl (C=O) groups excluding carboxylic acids is 1. The Morgan fingerprint density at radius 3 is 3.17 bits per heavy atom. The van der Waals surface area contributed by atoms with Crippen LogP contribution in [-0.4, -0.2) is 36.2 Å². The molecule has 3 rings (SSSR count). The first-order valence-corrected chi connectivity index (χ1v) is 7.30. The standard InChI is InChI=1S/C13H16N2O2S/c16-13(11-7-18-8-14-11)15-10-5-9-3-1-2-4-12(9)17-6-10/h1-4,10-11,14H,5-8H2,(H,15,16)/t10-,11-/m1/s1. The van der Waals surface area contributed by atoms with E-state index < -0.39 is 0 Å². The van der Waals surface area contributed by atoms with E-state index in [1.807, 2.05) is 18.2 Å². The molecule has 2 atom stereocenters. The Labute approximate surface area is 110 Å². The lowest BCUT2D eigenvalue weighted by atomic mass is 10.0. The van der Waals surface area contributed by atoms with E-state index in [1.165, 1.54) is 5.56 Å². The van der Waals surface area contributed by atoms with Crippen molar-refractivity contribution < 1.29 is 9.53 Å². The van der Waals surface area contributed by atoms with Crippen LogP contribution in [0.25, 0.3) is 0 Å². The van der Waals surface area contributed by atoms with E-state index in [2.05, 4.69) is 16.7 Å². The molecular formula is C13H16N2O2S. The van der Waals surface area contributed by atoms with Crippen LogP contribution in [0.2, 0.25) is 0 Å². The Balaban J connectivity index is 1.60. The summed E-state index contributed by atoms with van der Waals surface area (Å²) in [6, 6.07) is 8.03. The Hall–Kier alpha value is -1.20. The van der Waals surface area contributed by atoms with Gasteiger partial charge in [-0.3, -0.25) is 10.1 Å². The van der Waals surface area contributed by atoms with Gasteiger partial charge in [0.2, 0.25) is 5.91 Å². The molecule has 0 spiro atoms. The Kier molecular flexibility index (Phi) is 3.43. The summed E-state index contributed by atoms with van der Waals surface area (Å²) >= 11 is 1.76. The number of hydrogen-bond donors (Lipinski definition) is 2. The molecular weight excluding hydrogens is 248 g/mol. The van der Waals surface area contributed by atoms with Crippen molar-refractivity contribution in [3.05, 3.63) is 29.8 Å². The molecule has 0 bridgehead atoms. The molecule has 2 aliphatic heterocycles. The first-order valence-electron chi connectivity index (χ1n) is 6.15. The number of para-hydroxylation sites is 1.